The van der Waals surface area contributed by atoms with Gasteiger partial charge in [0.1, 0.15) is 0 Å². The van der Waals surface area contributed by atoms with E-state index in [1.165, 1.54) is 44.1 Å². The molecule has 0 bridgehead atoms. The minimum atomic E-state index is 0.265. The molecule has 0 aromatic heterocycles. The van der Waals surface area contributed by atoms with E-state index < -0.39 is 0 Å². The van der Waals surface area contributed by atoms with Gasteiger partial charge in [-0.05, 0) is 70.3 Å². The Bertz CT molecular complexity index is 458. The fourth-order valence-corrected chi connectivity index (χ4v) is 4.40. The molecule has 0 atom stereocenters. The molecule has 2 nitrogen and oxygen atoms in total. The van der Waals surface area contributed by atoms with Crippen molar-refractivity contribution in [2.75, 3.05) is 0 Å². The van der Waals surface area contributed by atoms with Crippen LogP contribution in [0.3, 0.4) is 0 Å². The van der Waals surface area contributed by atoms with Gasteiger partial charge in [0.15, 0.2) is 0 Å². The van der Waals surface area contributed by atoms with Crippen LogP contribution in [0, 0.1) is 5.41 Å². The first-order valence-electron chi connectivity index (χ1n) is 8.99. The Morgan fingerprint density at radius 3 is 2.23 bits per heavy atom. The Hall–Kier alpha value is -0.860. The second kappa shape index (κ2) is 6.33. The molecule has 0 amide bonds. The molecule has 1 aromatic rings. The van der Waals surface area contributed by atoms with Gasteiger partial charge < -0.3 is 10.6 Å². The van der Waals surface area contributed by atoms with Crippen molar-refractivity contribution in [2.24, 2.45) is 5.41 Å². The van der Waals surface area contributed by atoms with Crippen LogP contribution in [0.1, 0.15) is 64.9 Å². The summed E-state index contributed by atoms with van der Waals surface area (Å²) in [6, 6.07) is 12.3. The fourth-order valence-electron chi connectivity index (χ4n) is 4.40. The topological polar surface area (TPSA) is 24.1 Å². The Balaban J connectivity index is 1.39. The SMILES string of the molecule is CC(C)(C)NC1CC2(CCC(NCc3ccccc3)CC2)C1. The van der Waals surface area contributed by atoms with Crippen molar-refractivity contribution < 1.29 is 0 Å². The van der Waals surface area contributed by atoms with Crippen molar-refractivity contribution >= 4 is 0 Å². The smallest absolute Gasteiger partial charge is 0.0208 e. The van der Waals surface area contributed by atoms with Crippen molar-refractivity contribution in [3.8, 4) is 0 Å². The molecule has 1 spiro atoms. The molecule has 2 N–H and O–H groups in total. The van der Waals surface area contributed by atoms with Gasteiger partial charge in [-0.1, -0.05) is 30.3 Å². The lowest BCUT2D eigenvalue weighted by atomic mass is 9.57. The minimum absolute atomic E-state index is 0.265. The fraction of sp³-hybridized carbons (Fsp3) is 0.700. The normalized spacial score (nSPS) is 32.0. The lowest BCUT2D eigenvalue weighted by Gasteiger charge is -2.53. The van der Waals surface area contributed by atoms with Gasteiger partial charge in [0.05, 0.1) is 0 Å². The summed E-state index contributed by atoms with van der Waals surface area (Å²) >= 11 is 0. The van der Waals surface area contributed by atoms with Gasteiger partial charge in [0.2, 0.25) is 0 Å². The average molecular weight is 300 g/mol. The molecular formula is C20H32N2. The summed E-state index contributed by atoms with van der Waals surface area (Å²) in [5.41, 5.74) is 2.34. The van der Waals surface area contributed by atoms with Crippen molar-refractivity contribution in [2.45, 2.75) is 83.5 Å². The van der Waals surface area contributed by atoms with Crippen LogP contribution in [0.25, 0.3) is 0 Å². The molecule has 2 aliphatic carbocycles. The van der Waals surface area contributed by atoms with Gasteiger partial charge in [-0.15, -0.1) is 0 Å². The summed E-state index contributed by atoms with van der Waals surface area (Å²) in [4.78, 5) is 0. The molecule has 3 rings (SSSR count). The van der Waals surface area contributed by atoms with Crippen LogP contribution in [-0.4, -0.2) is 17.6 Å². The lowest BCUT2D eigenvalue weighted by molar-refractivity contribution is 0.0190. The van der Waals surface area contributed by atoms with Crippen molar-refractivity contribution in [3.05, 3.63) is 35.9 Å². The monoisotopic (exact) mass is 300 g/mol. The molecule has 0 aliphatic heterocycles. The number of hydrogen-bond donors (Lipinski definition) is 2. The van der Waals surface area contributed by atoms with E-state index in [0.29, 0.717) is 5.41 Å². The molecule has 0 radical (unpaired) electrons. The van der Waals surface area contributed by atoms with Gasteiger partial charge in [-0.2, -0.15) is 0 Å². The average Bonchev–Trinajstić information content (AvgIpc) is 2.44. The molecule has 0 saturated heterocycles. The van der Waals surface area contributed by atoms with Gasteiger partial charge >= 0.3 is 0 Å². The van der Waals surface area contributed by atoms with E-state index in [1.807, 2.05) is 0 Å². The highest BCUT2D eigenvalue weighted by Crippen LogP contribution is 2.52. The Labute approximate surface area is 136 Å². The van der Waals surface area contributed by atoms with E-state index in [0.717, 1.165) is 18.6 Å². The number of rotatable bonds is 4. The van der Waals surface area contributed by atoms with E-state index in [1.54, 1.807) is 0 Å². The molecule has 122 valence electrons. The van der Waals surface area contributed by atoms with E-state index in [4.69, 9.17) is 0 Å². The first kappa shape index (κ1) is 16.0. The van der Waals surface area contributed by atoms with E-state index in [-0.39, 0.29) is 5.54 Å². The maximum atomic E-state index is 3.77. The van der Waals surface area contributed by atoms with Crippen LogP contribution in [-0.2, 0) is 6.54 Å². The first-order valence-corrected chi connectivity index (χ1v) is 8.99. The highest BCUT2D eigenvalue weighted by molar-refractivity contribution is 5.14. The van der Waals surface area contributed by atoms with Gasteiger partial charge in [0, 0.05) is 24.2 Å². The van der Waals surface area contributed by atoms with Crippen LogP contribution in [0.2, 0.25) is 0 Å². The maximum absolute atomic E-state index is 3.77. The molecule has 2 aliphatic rings. The molecule has 0 heterocycles. The van der Waals surface area contributed by atoms with E-state index >= 15 is 0 Å². The van der Waals surface area contributed by atoms with E-state index in [2.05, 4.69) is 61.7 Å². The number of benzene rings is 1. The van der Waals surface area contributed by atoms with Crippen molar-refractivity contribution in [1.82, 2.24) is 10.6 Å². The van der Waals surface area contributed by atoms with Crippen LogP contribution in [0.4, 0.5) is 0 Å². The predicted molar refractivity (Wildman–Crippen MR) is 93.9 cm³/mol. The van der Waals surface area contributed by atoms with Gasteiger partial charge in [0.25, 0.3) is 0 Å². The zero-order chi connectivity index (χ0) is 15.6. The molecule has 0 unspecified atom stereocenters. The molecule has 2 heteroatoms. The second-order valence-corrected chi connectivity index (χ2v) is 8.64. The first-order chi connectivity index (χ1) is 10.4. The quantitative estimate of drug-likeness (QED) is 0.868. The summed E-state index contributed by atoms with van der Waals surface area (Å²) in [7, 11) is 0. The summed E-state index contributed by atoms with van der Waals surface area (Å²) < 4.78 is 0. The van der Waals surface area contributed by atoms with E-state index in [9.17, 15) is 0 Å². The summed E-state index contributed by atoms with van der Waals surface area (Å²) in [6.07, 6.45) is 8.35. The summed E-state index contributed by atoms with van der Waals surface area (Å²) in [6.45, 7) is 7.86. The van der Waals surface area contributed by atoms with Crippen LogP contribution in [0.15, 0.2) is 30.3 Å². The van der Waals surface area contributed by atoms with Crippen LogP contribution < -0.4 is 10.6 Å². The Kier molecular flexibility index (Phi) is 4.61. The third kappa shape index (κ3) is 4.11. The van der Waals surface area contributed by atoms with Crippen molar-refractivity contribution in [1.29, 1.82) is 0 Å². The third-order valence-corrected chi connectivity index (χ3v) is 5.48. The number of hydrogen-bond acceptors (Lipinski definition) is 2. The molecule has 22 heavy (non-hydrogen) atoms. The summed E-state index contributed by atoms with van der Waals surface area (Å²) in [5, 5.41) is 7.53. The lowest BCUT2D eigenvalue weighted by Crippen LogP contribution is -2.56. The highest BCUT2D eigenvalue weighted by Gasteiger charge is 2.46. The van der Waals surface area contributed by atoms with Gasteiger partial charge in [-0.25, -0.2) is 0 Å². The minimum Gasteiger partial charge on any atom is -0.310 e. The standard InChI is InChI=1S/C20H32N2/c1-19(2,3)22-18-13-20(14-18)11-9-17(10-12-20)21-15-16-7-5-4-6-8-16/h4-8,17-18,21-22H,9-15H2,1-3H3. The molecular weight excluding hydrogens is 268 g/mol. The Morgan fingerprint density at radius 1 is 1.00 bits per heavy atom. The third-order valence-electron chi connectivity index (χ3n) is 5.48. The molecule has 1 aromatic carbocycles. The zero-order valence-electron chi connectivity index (χ0n) is 14.5. The Morgan fingerprint density at radius 2 is 1.64 bits per heavy atom. The predicted octanol–water partition coefficient (Wildman–Crippen LogP) is 4.26. The van der Waals surface area contributed by atoms with Crippen LogP contribution in [0.5, 0.6) is 0 Å². The largest absolute Gasteiger partial charge is 0.310 e. The second-order valence-electron chi connectivity index (χ2n) is 8.64. The molecule has 2 saturated carbocycles. The van der Waals surface area contributed by atoms with Gasteiger partial charge in [-0.3, -0.25) is 0 Å². The zero-order valence-corrected chi connectivity index (χ0v) is 14.5. The van der Waals surface area contributed by atoms with Crippen molar-refractivity contribution in [3.63, 3.8) is 0 Å². The maximum Gasteiger partial charge on any atom is 0.0208 e. The molecule has 2 fully saturated rings. The highest BCUT2D eigenvalue weighted by atomic mass is 15.0. The summed E-state index contributed by atoms with van der Waals surface area (Å²) in [5.74, 6) is 0. The number of nitrogens with one attached hydrogen (secondary N) is 2. The van der Waals surface area contributed by atoms with Crippen LogP contribution >= 0.6 is 0 Å².